The summed E-state index contributed by atoms with van der Waals surface area (Å²) in [6.07, 6.45) is 2.66. The van der Waals surface area contributed by atoms with Crippen molar-refractivity contribution >= 4 is 39.3 Å². The number of benzene rings is 1. The smallest absolute Gasteiger partial charge is 0.244 e. The van der Waals surface area contributed by atoms with Gasteiger partial charge in [-0.05, 0) is 49.2 Å². The van der Waals surface area contributed by atoms with Crippen LogP contribution in [0.1, 0.15) is 12.8 Å². The molecular formula is C19H21ClN4O4S. The molecule has 3 rings (SSSR count). The Morgan fingerprint density at radius 2 is 1.93 bits per heavy atom. The zero-order valence-corrected chi connectivity index (χ0v) is 17.1. The molecule has 1 aliphatic rings. The average Bonchev–Trinajstić information content (AvgIpc) is 2.73. The topological polar surface area (TPSA) is 108 Å². The van der Waals surface area contributed by atoms with Crippen LogP contribution >= 0.6 is 11.6 Å². The molecule has 1 fully saturated rings. The van der Waals surface area contributed by atoms with Crippen molar-refractivity contribution in [1.82, 2.24) is 14.6 Å². The van der Waals surface area contributed by atoms with Crippen LogP contribution in [0, 0.1) is 5.92 Å². The summed E-state index contributed by atoms with van der Waals surface area (Å²) in [6, 6.07) is 11.0. The van der Waals surface area contributed by atoms with Crippen molar-refractivity contribution in [2.75, 3.05) is 25.0 Å². The number of hydrogen-bond donors (Lipinski definition) is 2. The van der Waals surface area contributed by atoms with Crippen LogP contribution in [0.5, 0.6) is 0 Å². The molecule has 8 nitrogen and oxygen atoms in total. The molecule has 154 valence electrons. The first-order chi connectivity index (χ1) is 13.9. The van der Waals surface area contributed by atoms with E-state index in [-0.39, 0.29) is 23.9 Å². The fourth-order valence-electron chi connectivity index (χ4n) is 3.07. The molecule has 0 aliphatic carbocycles. The molecule has 2 N–H and O–H groups in total. The Balaban J connectivity index is 1.56. The number of carbonyl (C=O) groups excluding carboxylic acids is 2. The van der Waals surface area contributed by atoms with E-state index in [4.69, 9.17) is 11.6 Å². The van der Waals surface area contributed by atoms with Gasteiger partial charge >= 0.3 is 0 Å². The number of pyridine rings is 1. The van der Waals surface area contributed by atoms with E-state index >= 15 is 0 Å². The molecule has 1 aromatic carbocycles. The summed E-state index contributed by atoms with van der Waals surface area (Å²) in [5, 5.41) is 5.60. The molecule has 0 saturated carbocycles. The van der Waals surface area contributed by atoms with E-state index in [1.54, 1.807) is 24.4 Å². The maximum atomic E-state index is 12.8. The van der Waals surface area contributed by atoms with E-state index < -0.39 is 21.8 Å². The van der Waals surface area contributed by atoms with Crippen molar-refractivity contribution in [2.24, 2.45) is 5.92 Å². The summed E-state index contributed by atoms with van der Waals surface area (Å²) in [5.74, 6) is -0.881. The van der Waals surface area contributed by atoms with E-state index in [2.05, 4.69) is 15.6 Å². The molecule has 0 spiro atoms. The molecule has 10 heteroatoms. The average molecular weight is 437 g/mol. The Bertz CT molecular complexity index is 967. The van der Waals surface area contributed by atoms with Gasteiger partial charge in [-0.1, -0.05) is 17.7 Å². The molecule has 0 bridgehead atoms. The first-order valence-electron chi connectivity index (χ1n) is 9.10. The van der Waals surface area contributed by atoms with Crippen molar-refractivity contribution in [1.29, 1.82) is 0 Å². The van der Waals surface area contributed by atoms with Crippen LogP contribution in [0.25, 0.3) is 0 Å². The van der Waals surface area contributed by atoms with Gasteiger partial charge in [-0.2, -0.15) is 4.31 Å². The Morgan fingerprint density at radius 3 is 2.62 bits per heavy atom. The minimum atomic E-state index is -3.71. The Labute approximate surface area is 174 Å². The van der Waals surface area contributed by atoms with E-state index in [0.717, 1.165) is 0 Å². The fraction of sp³-hybridized carbons (Fsp3) is 0.316. The van der Waals surface area contributed by atoms with E-state index in [1.165, 1.54) is 28.6 Å². The summed E-state index contributed by atoms with van der Waals surface area (Å²) >= 11 is 5.83. The lowest BCUT2D eigenvalue weighted by Crippen LogP contribution is -2.46. The largest absolute Gasteiger partial charge is 0.347 e. The van der Waals surface area contributed by atoms with Crippen molar-refractivity contribution in [3.05, 3.63) is 53.7 Å². The number of anilines is 1. The molecule has 2 amide bonds. The maximum Gasteiger partial charge on any atom is 0.244 e. The van der Waals surface area contributed by atoms with Crippen LogP contribution in [-0.2, 0) is 19.6 Å². The summed E-state index contributed by atoms with van der Waals surface area (Å²) in [6.45, 7) is 0.198. The normalized spacial score (nSPS) is 17.5. The predicted molar refractivity (Wildman–Crippen MR) is 109 cm³/mol. The van der Waals surface area contributed by atoms with Gasteiger partial charge < -0.3 is 10.6 Å². The molecular weight excluding hydrogens is 416 g/mol. The Kier molecular flexibility index (Phi) is 6.83. The second-order valence-electron chi connectivity index (χ2n) is 6.64. The third-order valence-electron chi connectivity index (χ3n) is 4.56. The van der Waals surface area contributed by atoms with Crippen LogP contribution in [0.15, 0.2) is 53.6 Å². The number of nitrogens with zero attached hydrogens (tertiary/aromatic N) is 2. The first kappa shape index (κ1) is 21.2. The third kappa shape index (κ3) is 5.53. The van der Waals surface area contributed by atoms with Crippen molar-refractivity contribution in [3.8, 4) is 0 Å². The monoisotopic (exact) mass is 436 g/mol. The van der Waals surface area contributed by atoms with Gasteiger partial charge in [-0.25, -0.2) is 13.4 Å². The van der Waals surface area contributed by atoms with Crippen molar-refractivity contribution < 1.29 is 18.0 Å². The van der Waals surface area contributed by atoms with Gasteiger partial charge in [0.15, 0.2) is 0 Å². The van der Waals surface area contributed by atoms with Crippen molar-refractivity contribution in [3.63, 3.8) is 0 Å². The van der Waals surface area contributed by atoms with E-state index in [0.29, 0.717) is 30.2 Å². The summed E-state index contributed by atoms with van der Waals surface area (Å²) in [7, 11) is -3.71. The predicted octanol–water partition coefficient (Wildman–Crippen LogP) is 1.89. The van der Waals surface area contributed by atoms with Crippen molar-refractivity contribution in [2.45, 2.75) is 17.7 Å². The number of hydrogen-bond acceptors (Lipinski definition) is 5. The highest BCUT2D eigenvalue weighted by molar-refractivity contribution is 7.89. The molecule has 0 unspecified atom stereocenters. The van der Waals surface area contributed by atoms with Gasteiger partial charge in [-0.15, -0.1) is 0 Å². The highest BCUT2D eigenvalue weighted by atomic mass is 35.5. The molecule has 0 radical (unpaired) electrons. The van der Waals surface area contributed by atoms with Crippen LogP contribution in [0.2, 0.25) is 5.02 Å². The highest BCUT2D eigenvalue weighted by Gasteiger charge is 2.33. The van der Waals surface area contributed by atoms with Crippen LogP contribution in [0.4, 0.5) is 5.82 Å². The number of aromatic nitrogens is 1. The van der Waals surface area contributed by atoms with Crippen LogP contribution < -0.4 is 10.6 Å². The molecule has 2 aromatic rings. The summed E-state index contributed by atoms with van der Waals surface area (Å²) in [5.41, 5.74) is 0. The number of carbonyl (C=O) groups is 2. The molecule has 2 heterocycles. The summed E-state index contributed by atoms with van der Waals surface area (Å²) in [4.78, 5) is 28.5. The van der Waals surface area contributed by atoms with Gasteiger partial charge in [0, 0.05) is 24.3 Å². The van der Waals surface area contributed by atoms with E-state index in [1.807, 2.05) is 0 Å². The van der Waals surface area contributed by atoms with Gasteiger partial charge in [0.2, 0.25) is 21.8 Å². The number of nitrogens with one attached hydrogen (secondary N) is 2. The van der Waals surface area contributed by atoms with Gasteiger partial charge in [0.1, 0.15) is 5.82 Å². The van der Waals surface area contributed by atoms with Gasteiger partial charge in [-0.3, -0.25) is 9.59 Å². The van der Waals surface area contributed by atoms with Gasteiger partial charge in [0.05, 0.1) is 17.4 Å². The molecule has 1 atom stereocenters. The van der Waals surface area contributed by atoms with Crippen LogP contribution in [-0.4, -0.2) is 49.2 Å². The zero-order valence-electron chi connectivity index (χ0n) is 15.5. The van der Waals surface area contributed by atoms with Crippen LogP contribution in [0.3, 0.4) is 0 Å². The maximum absolute atomic E-state index is 12.8. The Morgan fingerprint density at radius 1 is 1.17 bits per heavy atom. The third-order valence-corrected chi connectivity index (χ3v) is 6.69. The van der Waals surface area contributed by atoms with E-state index in [9.17, 15) is 18.0 Å². The molecule has 1 aliphatic heterocycles. The lowest BCUT2D eigenvalue weighted by Gasteiger charge is -2.31. The number of sulfonamides is 1. The number of piperidine rings is 1. The summed E-state index contributed by atoms with van der Waals surface area (Å²) < 4.78 is 26.9. The minimum absolute atomic E-state index is 0.0681. The SMILES string of the molecule is O=C(CNC(=O)[C@H]1CCCN(S(=O)(=O)c2ccc(Cl)cc2)C1)Nc1ccccn1. The zero-order chi connectivity index (χ0) is 20.9. The minimum Gasteiger partial charge on any atom is -0.347 e. The molecule has 29 heavy (non-hydrogen) atoms. The molecule has 1 aromatic heterocycles. The highest BCUT2D eigenvalue weighted by Crippen LogP contribution is 2.24. The lowest BCUT2D eigenvalue weighted by molar-refractivity contribution is -0.128. The Hall–Kier alpha value is -2.49. The van der Waals surface area contributed by atoms with Gasteiger partial charge in [0.25, 0.3) is 0 Å². The number of halogens is 1. The second kappa shape index (κ2) is 9.34. The standard InChI is InChI=1S/C19H21ClN4O4S/c20-15-6-8-16(9-7-15)29(27,28)24-11-3-4-14(13-24)19(26)22-12-18(25)23-17-5-1-2-10-21-17/h1-2,5-10,14H,3-4,11-13H2,(H,22,26)(H,21,23,25)/t14-/m0/s1. The number of rotatable bonds is 6. The quantitative estimate of drug-likeness (QED) is 0.718. The first-order valence-corrected chi connectivity index (χ1v) is 10.9. The fourth-order valence-corrected chi connectivity index (χ4v) is 4.72. The second-order valence-corrected chi connectivity index (χ2v) is 9.01. The lowest BCUT2D eigenvalue weighted by atomic mass is 9.99. The molecule has 1 saturated heterocycles. The number of amides is 2.